The van der Waals surface area contributed by atoms with Crippen molar-refractivity contribution in [2.45, 2.75) is 13.3 Å². The number of amides is 1. The molecule has 1 aliphatic heterocycles. The van der Waals surface area contributed by atoms with Crippen molar-refractivity contribution in [3.05, 3.63) is 66.1 Å². The summed E-state index contributed by atoms with van der Waals surface area (Å²) >= 11 is 1.64. The minimum Gasteiger partial charge on any atom is -0.354 e. The van der Waals surface area contributed by atoms with Gasteiger partial charge in [-0.2, -0.15) is 0 Å². The normalized spacial score (nSPS) is 14.7. The molecule has 1 saturated heterocycles. The Morgan fingerprint density at radius 2 is 1.97 bits per heavy atom. The largest absolute Gasteiger partial charge is 0.354 e. The maximum absolute atomic E-state index is 12.7. The van der Waals surface area contributed by atoms with Gasteiger partial charge in [0.05, 0.1) is 22.5 Å². The van der Waals surface area contributed by atoms with Crippen molar-refractivity contribution in [2.75, 3.05) is 56.9 Å². The van der Waals surface area contributed by atoms with Crippen LogP contribution in [-0.4, -0.2) is 77.0 Å². The van der Waals surface area contributed by atoms with E-state index in [0.717, 1.165) is 71.9 Å². The summed E-state index contributed by atoms with van der Waals surface area (Å²) in [6.45, 7) is 8.53. The number of rotatable bonds is 8. The molecule has 0 radical (unpaired) electrons. The Morgan fingerprint density at radius 3 is 2.78 bits per heavy atom. The van der Waals surface area contributed by atoms with Crippen molar-refractivity contribution in [3.63, 3.8) is 0 Å². The van der Waals surface area contributed by atoms with Crippen molar-refractivity contribution in [1.29, 1.82) is 0 Å². The zero-order valence-corrected chi connectivity index (χ0v) is 21.5. The van der Waals surface area contributed by atoms with Crippen molar-refractivity contribution in [1.82, 2.24) is 24.8 Å². The number of piperazine rings is 1. The minimum absolute atomic E-state index is 0.152. The number of benzene rings is 1. The van der Waals surface area contributed by atoms with Gasteiger partial charge in [-0.15, -0.1) is 11.3 Å². The highest BCUT2D eigenvalue weighted by atomic mass is 32.1. The topological polar surface area (TPSA) is 86.3 Å². The van der Waals surface area contributed by atoms with Gasteiger partial charge in [-0.1, -0.05) is 6.07 Å². The maximum Gasteiger partial charge on any atom is 0.255 e. The van der Waals surface area contributed by atoms with Crippen LogP contribution in [0.25, 0.3) is 20.7 Å². The van der Waals surface area contributed by atoms with Gasteiger partial charge < -0.3 is 20.4 Å². The highest BCUT2D eigenvalue weighted by Crippen LogP contribution is 2.35. The molecule has 8 nitrogen and oxygen atoms in total. The molecule has 0 bridgehead atoms. The Hall–Kier alpha value is -3.40. The first-order valence-corrected chi connectivity index (χ1v) is 13.1. The van der Waals surface area contributed by atoms with E-state index in [1.807, 2.05) is 37.4 Å². The van der Waals surface area contributed by atoms with Crippen LogP contribution in [0.4, 0.5) is 11.6 Å². The Balaban J connectivity index is 1.25. The van der Waals surface area contributed by atoms with Gasteiger partial charge in [0, 0.05) is 55.4 Å². The zero-order valence-electron chi connectivity index (χ0n) is 20.7. The van der Waals surface area contributed by atoms with Gasteiger partial charge in [0.15, 0.2) is 0 Å². The Bertz CT molecular complexity index is 1330. The lowest BCUT2D eigenvalue weighted by Crippen LogP contribution is -2.44. The molecule has 36 heavy (non-hydrogen) atoms. The number of nitrogens with zero attached hydrogens (tertiary/aromatic N) is 5. The van der Waals surface area contributed by atoms with E-state index in [9.17, 15) is 4.79 Å². The lowest BCUT2D eigenvalue weighted by Gasteiger charge is -2.32. The highest BCUT2D eigenvalue weighted by Gasteiger charge is 2.14. The summed E-state index contributed by atoms with van der Waals surface area (Å²) in [6, 6.07) is 11.5. The van der Waals surface area contributed by atoms with Gasteiger partial charge in [-0.3, -0.25) is 9.78 Å². The Labute approximate surface area is 215 Å². The molecule has 0 atom stereocenters. The van der Waals surface area contributed by atoms with Gasteiger partial charge >= 0.3 is 0 Å². The summed E-state index contributed by atoms with van der Waals surface area (Å²) < 4.78 is 1.04. The predicted octanol–water partition coefficient (Wildman–Crippen LogP) is 4.36. The van der Waals surface area contributed by atoms with Gasteiger partial charge in [-0.25, -0.2) is 9.97 Å². The molecule has 5 rings (SSSR count). The van der Waals surface area contributed by atoms with Crippen LogP contribution in [0.5, 0.6) is 0 Å². The summed E-state index contributed by atoms with van der Waals surface area (Å²) in [5.41, 5.74) is 3.24. The number of carbonyl (C=O) groups excluding carboxylic acids is 1. The Morgan fingerprint density at radius 1 is 1.11 bits per heavy atom. The summed E-state index contributed by atoms with van der Waals surface area (Å²) in [7, 11) is 2.18. The maximum atomic E-state index is 12.7. The van der Waals surface area contributed by atoms with E-state index in [2.05, 4.69) is 43.5 Å². The van der Waals surface area contributed by atoms with E-state index in [0.29, 0.717) is 17.2 Å². The molecule has 0 spiro atoms. The molecule has 4 aromatic rings. The minimum atomic E-state index is -0.152. The number of likely N-dealkylation sites (N-methyl/N-ethyl adjacent to an activating group) is 1. The molecule has 0 unspecified atom stereocenters. The van der Waals surface area contributed by atoms with E-state index in [-0.39, 0.29) is 5.91 Å². The fraction of sp³-hybridized carbons (Fsp3) is 0.333. The predicted molar refractivity (Wildman–Crippen MR) is 147 cm³/mol. The van der Waals surface area contributed by atoms with Gasteiger partial charge in [0.25, 0.3) is 5.91 Å². The summed E-state index contributed by atoms with van der Waals surface area (Å²) in [4.78, 5) is 32.0. The Kier molecular flexibility index (Phi) is 7.50. The van der Waals surface area contributed by atoms with Crippen molar-refractivity contribution in [2.24, 2.45) is 0 Å². The average molecular weight is 502 g/mol. The molecule has 186 valence electrons. The highest BCUT2D eigenvalue weighted by molar-refractivity contribution is 7.22. The number of aromatic nitrogens is 3. The number of hydrogen-bond acceptors (Lipinski definition) is 8. The second-order valence-corrected chi connectivity index (χ2v) is 10.3. The number of nitrogens with one attached hydrogen (secondary N) is 2. The summed E-state index contributed by atoms with van der Waals surface area (Å²) in [5.74, 6) is 0.504. The van der Waals surface area contributed by atoms with Crippen molar-refractivity contribution >= 4 is 39.0 Å². The molecule has 1 amide bonds. The molecule has 0 saturated carbocycles. The average Bonchev–Trinajstić information content (AvgIpc) is 3.32. The lowest BCUT2D eigenvalue weighted by atomic mass is 10.1. The monoisotopic (exact) mass is 501 g/mol. The van der Waals surface area contributed by atoms with E-state index >= 15 is 0 Å². The quantitative estimate of drug-likeness (QED) is 0.347. The fourth-order valence-corrected chi connectivity index (χ4v) is 5.44. The third-order valence-electron chi connectivity index (χ3n) is 6.44. The molecular weight excluding hydrogens is 470 g/mol. The third-order valence-corrected chi connectivity index (χ3v) is 7.54. The molecule has 1 aromatic carbocycles. The number of anilines is 2. The number of fused-ring (bicyclic) bond motifs is 1. The van der Waals surface area contributed by atoms with E-state index in [4.69, 9.17) is 4.98 Å². The SMILES string of the molecule is Cc1cnc(NCCCN2CCN(C)CC2)nc1-c1cc2ccc(C(=O)Nc3cccnc3)cc2s1. The molecule has 1 fully saturated rings. The van der Waals surface area contributed by atoms with Crippen LogP contribution in [0.3, 0.4) is 0 Å². The first kappa shape index (κ1) is 24.3. The number of hydrogen-bond donors (Lipinski definition) is 2. The zero-order chi connectivity index (χ0) is 24.9. The van der Waals surface area contributed by atoms with Crippen LogP contribution in [0, 0.1) is 6.92 Å². The van der Waals surface area contributed by atoms with Crippen LogP contribution in [0.15, 0.2) is 55.0 Å². The second kappa shape index (κ2) is 11.1. The van der Waals surface area contributed by atoms with Gasteiger partial charge in [0.2, 0.25) is 5.95 Å². The molecular formula is C27H31N7OS. The number of aryl methyl sites for hydroxylation is 1. The number of thiophene rings is 1. The summed E-state index contributed by atoms with van der Waals surface area (Å²) in [5, 5.41) is 7.38. The third kappa shape index (κ3) is 5.87. The molecule has 1 aliphatic rings. The van der Waals surface area contributed by atoms with Gasteiger partial charge in [-0.05, 0) is 68.2 Å². The van der Waals surface area contributed by atoms with Crippen molar-refractivity contribution < 1.29 is 4.79 Å². The van der Waals surface area contributed by atoms with E-state index < -0.39 is 0 Å². The fourth-order valence-electron chi connectivity index (χ4n) is 4.28. The molecule has 0 aliphatic carbocycles. The first-order valence-electron chi connectivity index (χ1n) is 12.3. The standard InChI is InChI=1S/C27H31N7OS/c1-19-17-30-27(29-9-4-10-34-13-11-33(2)12-14-34)32-25(19)24-15-20-6-7-21(16-23(20)36-24)26(35)31-22-5-3-8-28-18-22/h3,5-8,15-18H,4,9-14H2,1-2H3,(H,31,35)(H,29,30,32). The molecule has 4 heterocycles. The van der Waals surface area contributed by atoms with Crippen LogP contribution in [0.2, 0.25) is 0 Å². The van der Waals surface area contributed by atoms with Crippen LogP contribution >= 0.6 is 11.3 Å². The van der Waals surface area contributed by atoms with Crippen LogP contribution in [-0.2, 0) is 0 Å². The number of carbonyl (C=O) groups is 1. The molecule has 2 N–H and O–H groups in total. The van der Waals surface area contributed by atoms with Crippen molar-refractivity contribution in [3.8, 4) is 10.6 Å². The smallest absolute Gasteiger partial charge is 0.255 e. The van der Waals surface area contributed by atoms with Crippen LogP contribution < -0.4 is 10.6 Å². The second-order valence-electron chi connectivity index (χ2n) is 9.21. The summed E-state index contributed by atoms with van der Waals surface area (Å²) in [6.07, 6.45) is 6.25. The number of pyridine rings is 1. The van der Waals surface area contributed by atoms with Crippen LogP contribution in [0.1, 0.15) is 22.3 Å². The molecule has 3 aromatic heterocycles. The van der Waals surface area contributed by atoms with E-state index in [1.54, 1.807) is 29.8 Å². The van der Waals surface area contributed by atoms with E-state index in [1.165, 1.54) is 0 Å². The lowest BCUT2D eigenvalue weighted by molar-refractivity contribution is 0.102. The molecule has 9 heteroatoms. The first-order chi connectivity index (χ1) is 17.5. The van der Waals surface area contributed by atoms with Gasteiger partial charge in [0.1, 0.15) is 0 Å².